The van der Waals surface area contributed by atoms with Gasteiger partial charge in [-0.1, -0.05) is 48.5 Å². The molecule has 0 fully saturated rings. The minimum absolute atomic E-state index is 0.00324. The third kappa shape index (κ3) is 5.49. The molecule has 0 bridgehead atoms. The number of ketones is 1. The Morgan fingerprint density at radius 2 is 1.47 bits per heavy atom. The van der Waals surface area contributed by atoms with Crippen molar-refractivity contribution in [1.82, 2.24) is 0 Å². The molecule has 0 spiro atoms. The monoisotopic (exact) mass is 450 g/mol. The maximum Gasteiger partial charge on any atom is 0.184 e. The Kier molecular flexibility index (Phi) is 6.38. The maximum atomic E-state index is 13.7. The fourth-order valence-electron chi connectivity index (χ4n) is 3.86. The largest absolute Gasteiger partial charge is 0.479 e. The molecule has 0 aromatic heterocycles. The summed E-state index contributed by atoms with van der Waals surface area (Å²) in [4.78, 5) is 13.7. The van der Waals surface area contributed by atoms with Crippen LogP contribution in [0.1, 0.15) is 29.9 Å². The maximum absolute atomic E-state index is 13.7. The highest BCUT2D eigenvalue weighted by Gasteiger charge is 2.49. The number of rotatable bonds is 8. The van der Waals surface area contributed by atoms with E-state index in [9.17, 15) is 21.6 Å². The molecule has 2 aromatic rings. The lowest BCUT2D eigenvalue weighted by molar-refractivity contribution is -0.138. The van der Waals surface area contributed by atoms with Crippen molar-refractivity contribution >= 4 is 25.5 Å². The Bertz CT molecular complexity index is 1120. The Morgan fingerprint density at radius 1 is 0.867 bits per heavy atom. The number of Topliss-reactive ketones (excluding diaryl/α,β-unsaturated/α-hetero) is 1. The van der Waals surface area contributed by atoms with Crippen molar-refractivity contribution in [3.63, 3.8) is 0 Å². The van der Waals surface area contributed by atoms with Gasteiger partial charge in [-0.2, -0.15) is 0 Å². The van der Waals surface area contributed by atoms with Gasteiger partial charge in [0.05, 0.1) is 17.4 Å². The van der Waals surface area contributed by atoms with Crippen LogP contribution in [0.25, 0.3) is 0 Å². The van der Waals surface area contributed by atoms with Crippen LogP contribution in [0, 0.1) is 0 Å². The van der Waals surface area contributed by atoms with Crippen LogP contribution in [0.5, 0.6) is 5.75 Å². The second kappa shape index (κ2) is 8.51. The predicted octanol–water partition coefficient (Wildman–Crippen LogP) is 2.58. The number of ether oxygens (including phenoxy) is 1. The molecule has 30 heavy (non-hydrogen) atoms. The van der Waals surface area contributed by atoms with Crippen molar-refractivity contribution in [3.8, 4) is 5.75 Å². The molecule has 2 atom stereocenters. The average Bonchev–Trinajstić information content (AvgIpc) is 2.66. The first kappa shape index (κ1) is 22.5. The van der Waals surface area contributed by atoms with Crippen LogP contribution in [0.15, 0.2) is 54.6 Å². The summed E-state index contributed by atoms with van der Waals surface area (Å²) in [6.45, 7) is 0. The highest BCUT2D eigenvalue weighted by molar-refractivity contribution is 7.90. The zero-order valence-electron chi connectivity index (χ0n) is 17.1. The first-order chi connectivity index (χ1) is 14.0. The van der Waals surface area contributed by atoms with Crippen molar-refractivity contribution in [2.75, 3.05) is 24.0 Å². The van der Waals surface area contributed by atoms with Gasteiger partial charge in [0, 0.05) is 30.9 Å². The Labute approximate surface area is 178 Å². The predicted molar refractivity (Wildman–Crippen MR) is 116 cm³/mol. The van der Waals surface area contributed by atoms with Gasteiger partial charge in [0.1, 0.15) is 25.4 Å². The number of hydrogen-bond acceptors (Lipinski definition) is 6. The van der Waals surface area contributed by atoms with Crippen LogP contribution in [0.4, 0.5) is 0 Å². The minimum Gasteiger partial charge on any atom is -0.479 e. The lowest BCUT2D eigenvalue weighted by Crippen LogP contribution is -2.53. The number of hydrogen-bond donors (Lipinski definition) is 0. The van der Waals surface area contributed by atoms with Crippen molar-refractivity contribution in [2.45, 2.75) is 30.8 Å². The summed E-state index contributed by atoms with van der Waals surface area (Å²) in [5, 5.41) is 0. The Morgan fingerprint density at radius 3 is 2.10 bits per heavy atom. The fraction of sp³-hybridized carbons (Fsp3) is 0.409. The van der Waals surface area contributed by atoms with Gasteiger partial charge in [0.2, 0.25) is 0 Å². The van der Waals surface area contributed by atoms with Gasteiger partial charge < -0.3 is 4.74 Å². The van der Waals surface area contributed by atoms with E-state index in [2.05, 4.69) is 0 Å². The zero-order valence-corrected chi connectivity index (χ0v) is 18.7. The third-order valence-electron chi connectivity index (χ3n) is 5.35. The number of benzene rings is 2. The third-order valence-corrected chi connectivity index (χ3v) is 7.27. The highest BCUT2D eigenvalue weighted by Crippen LogP contribution is 2.43. The molecule has 162 valence electrons. The molecule has 0 saturated carbocycles. The average molecular weight is 451 g/mol. The summed E-state index contributed by atoms with van der Waals surface area (Å²) in [7, 11) is -6.61. The molecule has 8 heteroatoms. The summed E-state index contributed by atoms with van der Waals surface area (Å²) >= 11 is 0. The lowest BCUT2D eigenvalue weighted by Gasteiger charge is -2.41. The molecular formula is C22H26O6S2. The molecule has 0 radical (unpaired) electrons. The summed E-state index contributed by atoms with van der Waals surface area (Å²) in [6, 6.07) is 16.4. The molecular weight excluding hydrogens is 424 g/mol. The summed E-state index contributed by atoms with van der Waals surface area (Å²) in [6.07, 6.45) is 2.62. The molecule has 6 nitrogen and oxygen atoms in total. The molecule has 2 aromatic carbocycles. The fourth-order valence-corrected chi connectivity index (χ4v) is 5.23. The molecule has 0 amide bonds. The van der Waals surface area contributed by atoms with Crippen LogP contribution < -0.4 is 4.74 Å². The molecule has 2 unspecified atom stereocenters. The Balaban J connectivity index is 2.06. The second-order valence-electron chi connectivity index (χ2n) is 8.01. The van der Waals surface area contributed by atoms with Crippen molar-refractivity contribution in [1.29, 1.82) is 0 Å². The summed E-state index contributed by atoms with van der Waals surface area (Å²) in [5.41, 5.74) is 0.121. The second-order valence-corrected chi connectivity index (χ2v) is 12.5. The van der Waals surface area contributed by atoms with E-state index in [0.29, 0.717) is 11.3 Å². The van der Waals surface area contributed by atoms with Crippen LogP contribution in [-0.2, 0) is 30.9 Å². The number of sulfone groups is 2. The van der Waals surface area contributed by atoms with Gasteiger partial charge in [-0.05, 0) is 18.1 Å². The van der Waals surface area contributed by atoms with Gasteiger partial charge in [0.15, 0.2) is 11.4 Å². The van der Waals surface area contributed by atoms with E-state index in [1.165, 1.54) is 0 Å². The van der Waals surface area contributed by atoms with Crippen LogP contribution in [0.3, 0.4) is 0 Å². The first-order valence-electron chi connectivity index (χ1n) is 9.71. The molecule has 0 N–H and O–H groups in total. The molecule has 1 aliphatic heterocycles. The number of fused-ring (bicyclic) bond motifs is 1. The van der Waals surface area contributed by atoms with E-state index in [-0.39, 0.29) is 36.6 Å². The van der Waals surface area contributed by atoms with E-state index in [1.807, 2.05) is 30.3 Å². The van der Waals surface area contributed by atoms with E-state index < -0.39 is 31.2 Å². The van der Waals surface area contributed by atoms with E-state index in [0.717, 1.165) is 18.1 Å². The molecule has 1 heterocycles. The van der Waals surface area contributed by atoms with E-state index in [4.69, 9.17) is 4.74 Å². The SMILES string of the molecule is CS(=O)(=O)CCC1C(=O)C(CCS(C)(=O)=O)(Cc2ccccc2)Oc2ccccc21. The zero-order chi connectivity index (χ0) is 22.0. The molecule has 0 saturated heterocycles. The normalized spacial score (nSPS) is 21.7. The molecule has 3 rings (SSSR count). The lowest BCUT2D eigenvalue weighted by atomic mass is 9.75. The van der Waals surface area contributed by atoms with Crippen molar-refractivity contribution < 1.29 is 26.4 Å². The van der Waals surface area contributed by atoms with Crippen molar-refractivity contribution in [3.05, 3.63) is 65.7 Å². The summed E-state index contributed by atoms with van der Waals surface area (Å²) < 4.78 is 53.6. The van der Waals surface area contributed by atoms with Gasteiger partial charge in [0.25, 0.3) is 0 Å². The molecule has 0 aliphatic carbocycles. The van der Waals surface area contributed by atoms with E-state index in [1.54, 1.807) is 24.3 Å². The van der Waals surface area contributed by atoms with Gasteiger partial charge >= 0.3 is 0 Å². The van der Waals surface area contributed by atoms with Crippen LogP contribution >= 0.6 is 0 Å². The first-order valence-corrected chi connectivity index (χ1v) is 13.8. The van der Waals surface area contributed by atoms with Gasteiger partial charge in [-0.15, -0.1) is 0 Å². The van der Waals surface area contributed by atoms with Crippen LogP contribution in [0.2, 0.25) is 0 Å². The van der Waals surface area contributed by atoms with Crippen LogP contribution in [-0.4, -0.2) is 52.2 Å². The number of carbonyl (C=O) groups is 1. The minimum atomic E-state index is -3.34. The standard InChI is InChI=1S/C22H26O6S2/c1-29(24,25)14-12-19-18-10-6-7-11-20(18)28-22(21(19)23,13-15-30(2,26)27)16-17-8-4-3-5-9-17/h3-11,19H,12-16H2,1-2H3. The number of para-hydroxylation sites is 1. The highest BCUT2D eigenvalue weighted by atomic mass is 32.2. The molecule has 1 aliphatic rings. The number of carbonyl (C=O) groups excluding carboxylic acids is 1. The smallest absolute Gasteiger partial charge is 0.184 e. The summed E-state index contributed by atoms with van der Waals surface area (Å²) in [5.74, 6) is -0.775. The van der Waals surface area contributed by atoms with Gasteiger partial charge in [-0.25, -0.2) is 16.8 Å². The topological polar surface area (TPSA) is 94.6 Å². The van der Waals surface area contributed by atoms with Crippen molar-refractivity contribution in [2.24, 2.45) is 0 Å². The Hall–Kier alpha value is -2.19. The van der Waals surface area contributed by atoms with Gasteiger partial charge in [-0.3, -0.25) is 4.79 Å². The van der Waals surface area contributed by atoms with E-state index >= 15 is 0 Å². The quantitative estimate of drug-likeness (QED) is 0.614.